The van der Waals surface area contributed by atoms with Gasteiger partial charge in [0.15, 0.2) is 0 Å². The fourth-order valence-electron chi connectivity index (χ4n) is 1.07. The van der Waals surface area contributed by atoms with Gasteiger partial charge >= 0.3 is 5.97 Å². The molecule has 0 spiro atoms. The summed E-state index contributed by atoms with van der Waals surface area (Å²) in [6.45, 7) is 1.46. The lowest BCUT2D eigenvalue weighted by atomic mass is 10.2. The molecule has 1 atom stereocenters. The van der Waals surface area contributed by atoms with Crippen LogP contribution in [0.2, 0.25) is 0 Å². The third-order valence-electron chi connectivity index (χ3n) is 2.00. The lowest BCUT2D eigenvalue weighted by Crippen LogP contribution is -2.22. The van der Waals surface area contributed by atoms with Crippen molar-refractivity contribution >= 4 is 17.6 Å². The van der Waals surface area contributed by atoms with Crippen LogP contribution in [0.3, 0.4) is 0 Å². The van der Waals surface area contributed by atoms with Gasteiger partial charge in [0.2, 0.25) is 5.91 Å². The van der Waals surface area contributed by atoms with Crippen molar-refractivity contribution in [2.45, 2.75) is 13.0 Å². The van der Waals surface area contributed by atoms with Crippen LogP contribution in [-0.4, -0.2) is 23.0 Å². The highest BCUT2D eigenvalue weighted by molar-refractivity contribution is 5.95. The van der Waals surface area contributed by atoms with E-state index in [1.54, 1.807) is 0 Å². The molecule has 1 unspecified atom stereocenters. The molecule has 1 amide bonds. The molecule has 0 aliphatic rings. The number of carbonyl (C=O) groups excluding carboxylic acids is 1. The molecular formula is C10H10N4O3. The first-order chi connectivity index (χ1) is 8.04. The molecule has 0 heterocycles. The highest BCUT2D eigenvalue weighted by atomic mass is 16.4. The number of hydrogen-bond donors (Lipinski definition) is 2. The molecule has 1 rings (SSSR count). The Balaban J connectivity index is 2.72. The van der Waals surface area contributed by atoms with Crippen LogP contribution in [-0.2, 0) is 4.79 Å². The van der Waals surface area contributed by atoms with Gasteiger partial charge in [-0.2, -0.15) is 0 Å². The molecular weight excluding hydrogens is 224 g/mol. The van der Waals surface area contributed by atoms with Gasteiger partial charge in [-0.3, -0.25) is 4.79 Å². The van der Waals surface area contributed by atoms with E-state index in [-0.39, 0.29) is 5.56 Å². The first-order valence-corrected chi connectivity index (χ1v) is 4.73. The fraction of sp³-hybridized carbons (Fsp3) is 0.200. The van der Waals surface area contributed by atoms with Crippen LogP contribution in [0.25, 0.3) is 10.4 Å². The lowest BCUT2D eigenvalue weighted by Gasteiger charge is -2.07. The Morgan fingerprint density at radius 1 is 1.41 bits per heavy atom. The summed E-state index contributed by atoms with van der Waals surface area (Å²) in [7, 11) is 0. The van der Waals surface area contributed by atoms with Gasteiger partial charge in [-0.15, -0.1) is 0 Å². The van der Waals surface area contributed by atoms with Crippen LogP contribution in [0.1, 0.15) is 17.3 Å². The average molecular weight is 234 g/mol. The summed E-state index contributed by atoms with van der Waals surface area (Å²) >= 11 is 0. The van der Waals surface area contributed by atoms with E-state index in [2.05, 4.69) is 15.3 Å². The second-order valence-electron chi connectivity index (χ2n) is 3.25. The zero-order chi connectivity index (χ0) is 12.8. The monoisotopic (exact) mass is 234 g/mol. The zero-order valence-corrected chi connectivity index (χ0v) is 8.99. The first kappa shape index (κ1) is 12.5. The van der Waals surface area contributed by atoms with Crippen LogP contribution in [0.5, 0.6) is 0 Å². The van der Waals surface area contributed by atoms with Gasteiger partial charge in [0.05, 0.1) is 5.56 Å². The molecule has 0 bridgehead atoms. The van der Waals surface area contributed by atoms with Crippen molar-refractivity contribution in [2.75, 3.05) is 5.32 Å². The first-order valence-electron chi connectivity index (χ1n) is 4.73. The third-order valence-corrected chi connectivity index (χ3v) is 2.00. The molecule has 0 aliphatic heterocycles. The van der Waals surface area contributed by atoms with Crippen molar-refractivity contribution in [2.24, 2.45) is 5.11 Å². The van der Waals surface area contributed by atoms with Gasteiger partial charge in [0.25, 0.3) is 0 Å². The maximum absolute atomic E-state index is 11.4. The minimum absolute atomic E-state index is 0.131. The van der Waals surface area contributed by atoms with E-state index in [1.165, 1.54) is 31.2 Å². The molecule has 88 valence electrons. The fourth-order valence-corrected chi connectivity index (χ4v) is 1.07. The molecule has 1 aromatic rings. The van der Waals surface area contributed by atoms with E-state index >= 15 is 0 Å². The third kappa shape index (κ3) is 3.51. The molecule has 0 saturated heterocycles. The topological polar surface area (TPSA) is 115 Å². The molecule has 0 saturated carbocycles. The Hall–Kier alpha value is -2.53. The smallest absolute Gasteiger partial charge is 0.335 e. The predicted molar refractivity (Wildman–Crippen MR) is 60.6 cm³/mol. The summed E-state index contributed by atoms with van der Waals surface area (Å²) in [4.78, 5) is 24.5. The minimum Gasteiger partial charge on any atom is -0.478 e. The van der Waals surface area contributed by atoms with Crippen molar-refractivity contribution in [1.29, 1.82) is 0 Å². The Labute approximate surface area is 96.7 Å². The van der Waals surface area contributed by atoms with E-state index in [1.807, 2.05) is 0 Å². The maximum Gasteiger partial charge on any atom is 0.335 e. The molecule has 7 heteroatoms. The van der Waals surface area contributed by atoms with Gasteiger partial charge in [0, 0.05) is 10.6 Å². The lowest BCUT2D eigenvalue weighted by molar-refractivity contribution is -0.117. The number of nitrogens with one attached hydrogen (secondary N) is 1. The molecule has 1 aromatic carbocycles. The number of rotatable bonds is 4. The minimum atomic E-state index is -1.04. The Morgan fingerprint density at radius 3 is 2.47 bits per heavy atom. The predicted octanol–water partition coefficient (Wildman–Crippen LogP) is 2.02. The zero-order valence-electron chi connectivity index (χ0n) is 8.99. The molecule has 2 N–H and O–H groups in total. The number of carbonyl (C=O) groups is 2. The standard InChI is InChI=1S/C10H10N4O3/c1-6(13-14-11)9(15)12-8-4-2-7(3-5-8)10(16)17/h2-6H,1H3,(H,12,15)(H,16,17). The SMILES string of the molecule is CC(N=[N+]=[N-])C(=O)Nc1ccc(C(=O)O)cc1. The largest absolute Gasteiger partial charge is 0.478 e. The van der Waals surface area contributed by atoms with E-state index in [4.69, 9.17) is 10.6 Å². The van der Waals surface area contributed by atoms with Crippen molar-refractivity contribution in [1.82, 2.24) is 0 Å². The van der Waals surface area contributed by atoms with Crippen molar-refractivity contribution < 1.29 is 14.7 Å². The Bertz CT molecular complexity index is 477. The highest BCUT2D eigenvalue weighted by Crippen LogP contribution is 2.10. The second-order valence-corrected chi connectivity index (χ2v) is 3.25. The molecule has 0 radical (unpaired) electrons. The maximum atomic E-state index is 11.4. The van der Waals surface area contributed by atoms with Crippen molar-refractivity contribution in [3.63, 3.8) is 0 Å². The average Bonchev–Trinajstić information content (AvgIpc) is 2.30. The van der Waals surface area contributed by atoms with Gasteiger partial charge in [-0.25, -0.2) is 4.79 Å². The quantitative estimate of drug-likeness (QED) is 0.471. The summed E-state index contributed by atoms with van der Waals surface area (Å²) in [5.41, 5.74) is 8.74. The van der Waals surface area contributed by atoms with E-state index in [9.17, 15) is 9.59 Å². The van der Waals surface area contributed by atoms with E-state index < -0.39 is 17.9 Å². The summed E-state index contributed by atoms with van der Waals surface area (Å²) in [5.74, 6) is -1.49. The summed E-state index contributed by atoms with van der Waals surface area (Å²) in [6.07, 6.45) is 0. The van der Waals surface area contributed by atoms with Gasteiger partial charge in [0.1, 0.15) is 6.04 Å². The molecule has 17 heavy (non-hydrogen) atoms. The number of azide groups is 1. The summed E-state index contributed by atoms with van der Waals surface area (Å²) < 4.78 is 0. The Morgan fingerprint density at radius 2 is 2.00 bits per heavy atom. The normalized spacial score (nSPS) is 11.1. The number of aromatic carboxylic acids is 1. The Kier molecular flexibility index (Phi) is 4.08. The van der Waals surface area contributed by atoms with Gasteiger partial charge < -0.3 is 10.4 Å². The summed E-state index contributed by atoms with van der Waals surface area (Å²) in [6, 6.07) is 4.85. The van der Waals surface area contributed by atoms with Crippen LogP contribution in [0.4, 0.5) is 5.69 Å². The van der Waals surface area contributed by atoms with E-state index in [0.29, 0.717) is 5.69 Å². The van der Waals surface area contributed by atoms with Crippen molar-refractivity contribution in [3.8, 4) is 0 Å². The van der Waals surface area contributed by atoms with Gasteiger partial charge in [-0.05, 0) is 36.7 Å². The number of carboxylic acid groups (broad SMARTS) is 1. The molecule has 7 nitrogen and oxygen atoms in total. The summed E-state index contributed by atoms with van der Waals surface area (Å²) in [5, 5.41) is 14.4. The van der Waals surface area contributed by atoms with Crippen molar-refractivity contribution in [3.05, 3.63) is 40.3 Å². The van der Waals surface area contributed by atoms with Crippen LogP contribution >= 0.6 is 0 Å². The second kappa shape index (κ2) is 5.53. The number of nitrogens with zero attached hydrogens (tertiary/aromatic N) is 3. The van der Waals surface area contributed by atoms with Gasteiger partial charge in [-0.1, -0.05) is 5.11 Å². The number of anilines is 1. The molecule has 0 aliphatic carbocycles. The molecule has 0 aromatic heterocycles. The van der Waals surface area contributed by atoms with Crippen LogP contribution in [0, 0.1) is 0 Å². The number of carboxylic acids is 1. The van der Waals surface area contributed by atoms with Crippen LogP contribution < -0.4 is 5.32 Å². The number of benzene rings is 1. The van der Waals surface area contributed by atoms with E-state index in [0.717, 1.165) is 0 Å². The molecule has 0 fully saturated rings. The van der Waals surface area contributed by atoms with Crippen LogP contribution in [0.15, 0.2) is 29.4 Å². The highest BCUT2D eigenvalue weighted by Gasteiger charge is 2.10. The number of amides is 1. The number of hydrogen-bond acceptors (Lipinski definition) is 3.